The number of hydrogen-bond donors (Lipinski definition) is 2. The second-order valence-corrected chi connectivity index (χ2v) is 6.56. The van der Waals surface area contributed by atoms with Crippen LogP contribution in [0.5, 0.6) is 11.5 Å². The quantitative estimate of drug-likeness (QED) is 0.471. The predicted molar refractivity (Wildman–Crippen MR) is 100 cm³/mol. The van der Waals surface area contributed by atoms with E-state index in [-0.39, 0.29) is 0 Å². The van der Waals surface area contributed by atoms with Gasteiger partial charge in [0.2, 0.25) is 0 Å². The zero-order valence-electron chi connectivity index (χ0n) is 12.8. The number of ether oxygens (including phenoxy) is 2. The maximum Gasteiger partial charge on any atom is 0.191 e. The number of nitrogens with one attached hydrogen (secondary N) is 2. The van der Waals surface area contributed by atoms with Crippen molar-refractivity contribution in [1.82, 2.24) is 5.43 Å². The van der Waals surface area contributed by atoms with Crippen LogP contribution in [0, 0.1) is 0 Å². The molecule has 0 aliphatic rings. The van der Waals surface area contributed by atoms with Crippen LogP contribution in [0.4, 0.5) is 5.69 Å². The van der Waals surface area contributed by atoms with E-state index in [9.17, 15) is 0 Å². The van der Waals surface area contributed by atoms with Gasteiger partial charge in [0.25, 0.3) is 0 Å². The highest BCUT2D eigenvalue weighted by Crippen LogP contribution is 2.29. The van der Waals surface area contributed by atoms with Crippen molar-refractivity contribution in [2.24, 2.45) is 5.10 Å². The minimum Gasteiger partial charge on any atom is -0.493 e. The van der Waals surface area contributed by atoms with Gasteiger partial charge in [0.1, 0.15) is 0 Å². The first kappa shape index (κ1) is 17.5. The number of nitrogens with zero attached hydrogens (tertiary/aromatic N) is 1. The smallest absolute Gasteiger partial charge is 0.191 e. The molecule has 1 aromatic heterocycles. The van der Waals surface area contributed by atoms with Crippen molar-refractivity contribution in [2.45, 2.75) is 6.92 Å². The fourth-order valence-electron chi connectivity index (χ4n) is 1.77. The first-order chi connectivity index (χ1) is 11.0. The molecular weight excluding hydrogens is 354 g/mol. The van der Waals surface area contributed by atoms with Crippen LogP contribution in [0.1, 0.15) is 11.8 Å². The molecule has 5 nitrogen and oxygen atoms in total. The summed E-state index contributed by atoms with van der Waals surface area (Å²) in [6.07, 6.45) is 0. The Morgan fingerprint density at radius 3 is 2.52 bits per heavy atom. The van der Waals surface area contributed by atoms with Gasteiger partial charge in [0.05, 0.1) is 29.1 Å². The summed E-state index contributed by atoms with van der Waals surface area (Å²) in [5.41, 5.74) is 4.38. The number of thiocarbonyl (C=S) groups is 1. The van der Waals surface area contributed by atoms with Crippen LogP contribution in [0.2, 0.25) is 4.34 Å². The van der Waals surface area contributed by atoms with Crippen LogP contribution >= 0.6 is 35.2 Å². The zero-order chi connectivity index (χ0) is 16.8. The number of hydrazone groups is 1. The molecule has 0 unspecified atom stereocenters. The van der Waals surface area contributed by atoms with Crippen molar-refractivity contribution in [1.29, 1.82) is 0 Å². The lowest BCUT2D eigenvalue weighted by Gasteiger charge is -2.11. The first-order valence-electron chi connectivity index (χ1n) is 6.62. The lowest BCUT2D eigenvalue weighted by atomic mass is 10.3. The second kappa shape index (κ2) is 8.14. The van der Waals surface area contributed by atoms with Crippen molar-refractivity contribution >= 4 is 51.7 Å². The van der Waals surface area contributed by atoms with Gasteiger partial charge in [-0.25, -0.2) is 0 Å². The van der Waals surface area contributed by atoms with Crippen molar-refractivity contribution in [3.63, 3.8) is 0 Å². The minimum atomic E-state index is 0.374. The molecule has 0 fully saturated rings. The van der Waals surface area contributed by atoms with E-state index < -0.39 is 0 Å². The van der Waals surface area contributed by atoms with Crippen molar-refractivity contribution < 1.29 is 9.47 Å². The molecule has 1 aromatic carbocycles. The molecule has 0 saturated carbocycles. The van der Waals surface area contributed by atoms with Gasteiger partial charge in [-0.2, -0.15) is 5.10 Å². The number of benzene rings is 1. The summed E-state index contributed by atoms with van der Waals surface area (Å²) in [5.74, 6) is 1.27. The average Bonchev–Trinajstić information content (AvgIpc) is 2.99. The fourth-order valence-corrected chi connectivity index (χ4v) is 2.92. The molecule has 2 N–H and O–H groups in total. The molecule has 0 atom stereocenters. The maximum atomic E-state index is 5.91. The van der Waals surface area contributed by atoms with E-state index in [0.717, 1.165) is 20.6 Å². The molecule has 122 valence electrons. The summed E-state index contributed by atoms with van der Waals surface area (Å²) in [7, 11) is 3.17. The summed E-state index contributed by atoms with van der Waals surface area (Å²) >= 11 is 12.6. The second-order valence-electron chi connectivity index (χ2n) is 4.44. The van der Waals surface area contributed by atoms with Crippen LogP contribution in [-0.4, -0.2) is 25.0 Å². The topological polar surface area (TPSA) is 54.9 Å². The number of anilines is 1. The Labute approximate surface area is 149 Å². The Bertz CT molecular complexity index is 731. The Morgan fingerprint density at radius 1 is 1.17 bits per heavy atom. The molecule has 0 bridgehead atoms. The van der Waals surface area contributed by atoms with Crippen LogP contribution in [0.15, 0.2) is 35.4 Å². The van der Waals surface area contributed by atoms with Crippen LogP contribution in [0.3, 0.4) is 0 Å². The first-order valence-corrected chi connectivity index (χ1v) is 8.22. The lowest BCUT2D eigenvalue weighted by Crippen LogP contribution is -2.24. The number of rotatable bonds is 5. The molecular formula is C15H16ClN3O2S2. The van der Waals surface area contributed by atoms with E-state index in [0.29, 0.717) is 16.6 Å². The lowest BCUT2D eigenvalue weighted by molar-refractivity contribution is 0.355. The van der Waals surface area contributed by atoms with E-state index >= 15 is 0 Å². The van der Waals surface area contributed by atoms with E-state index in [1.54, 1.807) is 26.4 Å². The number of methoxy groups -OCH3 is 2. The normalized spacial score (nSPS) is 11.0. The summed E-state index contributed by atoms with van der Waals surface area (Å²) in [6.45, 7) is 1.88. The minimum absolute atomic E-state index is 0.374. The van der Waals surface area contributed by atoms with Crippen molar-refractivity contribution in [3.8, 4) is 11.5 Å². The molecule has 23 heavy (non-hydrogen) atoms. The molecule has 2 rings (SSSR count). The standard InChI is InChI=1S/C15H16ClN3O2S2/c1-9(13-6-7-14(16)23-13)18-19-15(22)17-10-4-5-11(20-2)12(8-10)21-3/h4-8H,1-3H3,(H2,17,19,22)/b18-9-. The Kier molecular flexibility index (Phi) is 6.20. The van der Waals surface area contributed by atoms with Crippen LogP contribution < -0.4 is 20.2 Å². The monoisotopic (exact) mass is 369 g/mol. The van der Waals surface area contributed by atoms with E-state index in [2.05, 4.69) is 15.8 Å². The molecule has 0 aliphatic heterocycles. The number of thiophene rings is 1. The third-order valence-electron chi connectivity index (χ3n) is 2.90. The SMILES string of the molecule is COc1ccc(NC(=S)N/N=C(/C)c2ccc(Cl)s2)cc1OC. The molecule has 1 heterocycles. The number of halogens is 1. The molecule has 8 heteroatoms. The van der Waals surface area contributed by atoms with Crippen molar-refractivity contribution in [2.75, 3.05) is 19.5 Å². The van der Waals surface area contributed by atoms with Gasteiger partial charge in [-0.1, -0.05) is 11.6 Å². The predicted octanol–water partition coefficient (Wildman–Crippen LogP) is 4.13. The average molecular weight is 370 g/mol. The zero-order valence-corrected chi connectivity index (χ0v) is 15.2. The summed E-state index contributed by atoms with van der Waals surface area (Å²) in [4.78, 5) is 0.983. The summed E-state index contributed by atoms with van der Waals surface area (Å²) < 4.78 is 11.2. The maximum absolute atomic E-state index is 5.91. The van der Waals surface area contributed by atoms with E-state index in [1.807, 2.05) is 25.1 Å². The Balaban J connectivity index is 1.99. The fraction of sp³-hybridized carbons (Fsp3) is 0.200. The highest BCUT2D eigenvalue weighted by Gasteiger charge is 2.06. The Hall–Kier alpha value is -1.83. The van der Waals surface area contributed by atoms with Crippen molar-refractivity contribution in [3.05, 3.63) is 39.5 Å². The van der Waals surface area contributed by atoms with Gasteiger partial charge in [0, 0.05) is 11.8 Å². The van der Waals surface area contributed by atoms with Gasteiger partial charge in [0.15, 0.2) is 16.6 Å². The van der Waals surface area contributed by atoms with E-state index in [4.69, 9.17) is 33.3 Å². The van der Waals surface area contributed by atoms with Crippen LogP contribution in [0.25, 0.3) is 0 Å². The van der Waals surface area contributed by atoms with E-state index in [1.165, 1.54) is 11.3 Å². The molecule has 0 amide bonds. The third kappa shape index (κ3) is 4.82. The molecule has 0 aliphatic carbocycles. The Morgan fingerprint density at radius 2 is 1.91 bits per heavy atom. The van der Waals surface area contributed by atoms with Crippen LogP contribution in [-0.2, 0) is 0 Å². The van der Waals surface area contributed by atoms with Gasteiger partial charge < -0.3 is 14.8 Å². The molecule has 0 spiro atoms. The molecule has 2 aromatic rings. The largest absolute Gasteiger partial charge is 0.493 e. The van der Waals surface area contributed by atoms with Gasteiger partial charge in [-0.05, 0) is 43.4 Å². The molecule has 0 saturated heterocycles. The summed E-state index contributed by atoms with van der Waals surface area (Å²) in [6, 6.07) is 9.18. The van der Waals surface area contributed by atoms with Gasteiger partial charge in [-0.15, -0.1) is 11.3 Å². The van der Waals surface area contributed by atoms with Gasteiger partial charge >= 0.3 is 0 Å². The molecule has 0 radical (unpaired) electrons. The number of hydrogen-bond acceptors (Lipinski definition) is 5. The summed E-state index contributed by atoms with van der Waals surface area (Å²) in [5, 5.41) is 7.65. The highest BCUT2D eigenvalue weighted by molar-refractivity contribution is 7.80. The third-order valence-corrected chi connectivity index (χ3v) is 4.43. The van der Waals surface area contributed by atoms with Gasteiger partial charge in [-0.3, -0.25) is 5.43 Å². The highest BCUT2D eigenvalue weighted by atomic mass is 35.5.